The van der Waals surface area contributed by atoms with Gasteiger partial charge in [0.15, 0.2) is 5.82 Å². The van der Waals surface area contributed by atoms with E-state index in [1.165, 1.54) is 12.3 Å². The first-order chi connectivity index (χ1) is 11.1. The average Bonchev–Trinajstić information content (AvgIpc) is 3.02. The SMILES string of the molecule is O=C(NCc1nnnn1-c1ccc(Br)cc1)c1ccnc(Cl)c1. The number of amides is 1. The number of carbonyl (C=O) groups excluding carboxylic acids is 1. The van der Waals surface area contributed by atoms with E-state index in [2.05, 4.69) is 41.8 Å². The van der Waals surface area contributed by atoms with Gasteiger partial charge >= 0.3 is 0 Å². The zero-order valence-electron chi connectivity index (χ0n) is 11.6. The molecule has 1 aromatic carbocycles. The average molecular weight is 394 g/mol. The Morgan fingerprint density at radius 3 is 2.78 bits per heavy atom. The molecule has 7 nitrogen and oxygen atoms in total. The fraction of sp³-hybridized carbons (Fsp3) is 0.0714. The molecule has 0 aliphatic carbocycles. The van der Waals surface area contributed by atoms with Gasteiger partial charge in [-0.05, 0) is 46.8 Å². The van der Waals surface area contributed by atoms with Crippen LogP contribution in [0.15, 0.2) is 47.1 Å². The molecule has 0 atom stereocenters. The van der Waals surface area contributed by atoms with Crippen LogP contribution in [0, 0.1) is 0 Å². The van der Waals surface area contributed by atoms with Crippen molar-refractivity contribution in [2.24, 2.45) is 0 Å². The number of carbonyl (C=O) groups is 1. The lowest BCUT2D eigenvalue weighted by molar-refractivity contribution is 0.0949. The van der Waals surface area contributed by atoms with Gasteiger partial charge in [-0.3, -0.25) is 4.79 Å². The zero-order valence-corrected chi connectivity index (χ0v) is 14.0. The first-order valence-corrected chi connectivity index (χ1v) is 7.73. The van der Waals surface area contributed by atoms with Crippen molar-refractivity contribution in [1.82, 2.24) is 30.5 Å². The maximum atomic E-state index is 12.1. The van der Waals surface area contributed by atoms with Gasteiger partial charge in [-0.25, -0.2) is 4.98 Å². The molecule has 0 aliphatic rings. The van der Waals surface area contributed by atoms with E-state index in [1.54, 1.807) is 10.7 Å². The summed E-state index contributed by atoms with van der Waals surface area (Å²) in [4.78, 5) is 15.9. The van der Waals surface area contributed by atoms with E-state index in [9.17, 15) is 4.79 Å². The third-order valence-corrected chi connectivity index (χ3v) is 3.74. The van der Waals surface area contributed by atoms with Crippen molar-refractivity contribution >= 4 is 33.4 Å². The van der Waals surface area contributed by atoms with Crippen molar-refractivity contribution in [3.8, 4) is 5.69 Å². The Morgan fingerprint density at radius 1 is 1.26 bits per heavy atom. The molecular formula is C14H10BrClN6O. The van der Waals surface area contributed by atoms with E-state index >= 15 is 0 Å². The van der Waals surface area contributed by atoms with E-state index in [0.29, 0.717) is 11.4 Å². The summed E-state index contributed by atoms with van der Waals surface area (Å²) in [5.74, 6) is 0.237. The Balaban J connectivity index is 1.73. The van der Waals surface area contributed by atoms with Crippen LogP contribution in [0.3, 0.4) is 0 Å². The molecule has 0 spiro atoms. The molecule has 3 rings (SSSR count). The second-order valence-electron chi connectivity index (χ2n) is 4.53. The van der Waals surface area contributed by atoms with Crippen LogP contribution in [0.1, 0.15) is 16.2 Å². The van der Waals surface area contributed by atoms with E-state index in [-0.39, 0.29) is 17.6 Å². The van der Waals surface area contributed by atoms with Crippen LogP contribution in [0.4, 0.5) is 0 Å². The van der Waals surface area contributed by atoms with Crippen molar-refractivity contribution in [1.29, 1.82) is 0 Å². The molecule has 116 valence electrons. The van der Waals surface area contributed by atoms with Crippen molar-refractivity contribution < 1.29 is 4.79 Å². The summed E-state index contributed by atoms with van der Waals surface area (Å²) in [6.45, 7) is 0.182. The molecular weight excluding hydrogens is 384 g/mol. The number of nitrogens with zero attached hydrogens (tertiary/aromatic N) is 5. The predicted octanol–water partition coefficient (Wildman–Crippen LogP) is 2.40. The minimum absolute atomic E-state index is 0.182. The van der Waals surface area contributed by atoms with Gasteiger partial charge in [-0.2, -0.15) is 4.68 Å². The third-order valence-electron chi connectivity index (χ3n) is 3.00. The third kappa shape index (κ3) is 3.72. The Labute approximate surface area is 144 Å². The number of halogens is 2. The summed E-state index contributed by atoms with van der Waals surface area (Å²) < 4.78 is 2.52. The number of nitrogens with one attached hydrogen (secondary N) is 1. The second-order valence-corrected chi connectivity index (χ2v) is 5.84. The molecule has 0 unspecified atom stereocenters. The summed E-state index contributed by atoms with van der Waals surface area (Å²) in [6.07, 6.45) is 1.48. The van der Waals surface area contributed by atoms with E-state index in [1.807, 2.05) is 24.3 Å². The van der Waals surface area contributed by atoms with E-state index < -0.39 is 0 Å². The van der Waals surface area contributed by atoms with Gasteiger partial charge in [-0.15, -0.1) is 5.10 Å². The fourth-order valence-electron chi connectivity index (χ4n) is 1.90. The highest BCUT2D eigenvalue weighted by Crippen LogP contribution is 2.14. The molecule has 9 heteroatoms. The largest absolute Gasteiger partial charge is 0.345 e. The number of benzene rings is 1. The van der Waals surface area contributed by atoms with Crippen LogP contribution in [0.5, 0.6) is 0 Å². The number of aromatic nitrogens is 5. The molecule has 23 heavy (non-hydrogen) atoms. The van der Waals surface area contributed by atoms with Gasteiger partial charge in [0.05, 0.1) is 12.2 Å². The number of tetrazole rings is 1. The number of pyridine rings is 1. The molecule has 0 saturated carbocycles. The van der Waals surface area contributed by atoms with Gasteiger partial charge in [0, 0.05) is 16.2 Å². The molecule has 1 amide bonds. The summed E-state index contributed by atoms with van der Waals surface area (Å²) in [7, 11) is 0. The van der Waals surface area contributed by atoms with Gasteiger partial charge in [0.1, 0.15) is 5.15 Å². The minimum atomic E-state index is -0.278. The van der Waals surface area contributed by atoms with E-state index in [0.717, 1.165) is 10.2 Å². The topological polar surface area (TPSA) is 85.6 Å². The molecule has 0 radical (unpaired) electrons. The summed E-state index contributed by atoms with van der Waals surface area (Å²) in [5, 5.41) is 14.5. The summed E-state index contributed by atoms with van der Waals surface area (Å²) in [6, 6.07) is 10.6. The Bertz CT molecular complexity index is 835. The molecule has 0 aliphatic heterocycles. The standard InChI is InChI=1S/C14H10BrClN6O/c15-10-1-3-11(4-2-10)22-13(19-20-21-22)8-18-14(23)9-5-6-17-12(16)7-9/h1-7H,8H2,(H,18,23). The Kier molecular flexibility index (Phi) is 4.63. The maximum Gasteiger partial charge on any atom is 0.251 e. The lowest BCUT2D eigenvalue weighted by Gasteiger charge is -2.06. The van der Waals surface area contributed by atoms with Crippen molar-refractivity contribution in [2.45, 2.75) is 6.54 Å². The Hall–Kier alpha value is -2.32. The van der Waals surface area contributed by atoms with Crippen LogP contribution in [-0.4, -0.2) is 31.1 Å². The Morgan fingerprint density at radius 2 is 2.04 bits per heavy atom. The first-order valence-electron chi connectivity index (χ1n) is 6.56. The number of rotatable bonds is 4. The van der Waals surface area contributed by atoms with E-state index in [4.69, 9.17) is 11.6 Å². The van der Waals surface area contributed by atoms with Gasteiger partial charge in [0.2, 0.25) is 0 Å². The van der Waals surface area contributed by atoms with Crippen molar-refractivity contribution in [2.75, 3.05) is 0 Å². The predicted molar refractivity (Wildman–Crippen MR) is 87.3 cm³/mol. The quantitative estimate of drug-likeness (QED) is 0.688. The fourth-order valence-corrected chi connectivity index (χ4v) is 2.34. The number of hydrogen-bond donors (Lipinski definition) is 1. The van der Waals surface area contributed by atoms with Crippen LogP contribution >= 0.6 is 27.5 Å². The summed E-state index contributed by atoms with van der Waals surface area (Å²) >= 11 is 9.15. The van der Waals surface area contributed by atoms with Crippen LogP contribution < -0.4 is 5.32 Å². The normalized spacial score (nSPS) is 10.5. The lowest BCUT2D eigenvalue weighted by atomic mass is 10.2. The van der Waals surface area contributed by atoms with Crippen molar-refractivity contribution in [3.63, 3.8) is 0 Å². The minimum Gasteiger partial charge on any atom is -0.345 e. The molecule has 2 heterocycles. The van der Waals surface area contributed by atoms with Gasteiger partial charge in [-0.1, -0.05) is 27.5 Å². The van der Waals surface area contributed by atoms with Crippen LogP contribution in [0.25, 0.3) is 5.69 Å². The molecule has 0 fully saturated rings. The second kappa shape index (κ2) is 6.84. The highest BCUT2D eigenvalue weighted by molar-refractivity contribution is 9.10. The van der Waals surface area contributed by atoms with Crippen molar-refractivity contribution in [3.05, 3.63) is 63.6 Å². The first kappa shape index (κ1) is 15.6. The molecule has 3 aromatic rings. The highest BCUT2D eigenvalue weighted by Gasteiger charge is 2.11. The highest BCUT2D eigenvalue weighted by atomic mass is 79.9. The zero-order chi connectivity index (χ0) is 16.2. The molecule has 0 bridgehead atoms. The molecule has 2 aromatic heterocycles. The maximum absolute atomic E-state index is 12.1. The monoisotopic (exact) mass is 392 g/mol. The summed E-state index contributed by atoms with van der Waals surface area (Å²) in [5.41, 5.74) is 1.22. The van der Waals surface area contributed by atoms with Crippen LogP contribution in [0.2, 0.25) is 5.15 Å². The smallest absolute Gasteiger partial charge is 0.251 e. The molecule has 0 saturated heterocycles. The number of hydrogen-bond acceptors (Lipinski definition) is 5. The van der Waals surface area contributed by atoms with Crippen LogP contribution in [-0.2, 0) is 6.54 Å². The lowest BCUT2D eigenvalue weighted by Crippen LogP contribution is -2.24. The molecule has 1 N–H and O–H groups in total. The van der Waals surface area contributed by atoms with Gasteiger partial charge < -0.3 is 5.32 Å². The van der Waals surface area contributed by atoms with Gasteiger partial charge in [0.25, 0.3) is 5.91 Å².